The Bertz CT molecular complexity index is 339. The maximum absolute atomic E-state index is 2.52. The number of rotatable bonds is 3. The fourth-order valence-corrected chi connectivity index (χ4v) is 2.87. The second-order valence-corrected chi connectivity index (χ2v) is 4.52. The third kappa shape index (κ3) is 1.45. The Hall–Kier alpha value is -0.980. The summed E-state index contributed by atoms with van der Waals surface area (Å²) in [6.45, 7) is 9.21. The molecule has 1 aliphatic rings. The Morgan fingerprint density at radius 1 is 1.13 bits per heavy atom. The monoisotopic (exact) mass is 203 g/mol. The van der Waals surface area contributed by atoms with Crippen molar-refractivity contribution in [3.63, 3.8) is 0 Å². The predicted octanol–water partition coefficient (Wildman–Crippen LogP) is 3.58. The summed E-state index contributed by atoms with van der Waals surface area (Å²) in [6.07, 6.45) is 2.49. The fraction of sp³-hybridized carbons (Fsp3) is 0.571. The van der Waals surface area contributed by atoms with Crippen LogP contribution in [0.25, 0.3) is 0 Å². The molecule has 1 aliphatic heterocycles. The summed E-state index contributed by atoms with van der Waals surface area (Å²) < 4.78 is 0. The van der Waals surface area contributed by atoms with Crippen LogP contribution in [0.3, 0.4) is 0 Å². The minimum atomic E-state index is 0.409. The molecule has 1 nitrogen and oxygen atoms in total. The summed E-state index contributed by atoms with van der Waals surface area (Å²) in [7, 11) is 0. The zero-order valence-corrected chi connectivity index (χ0v) is 10.1. The van der Waals surface area contributed by atoms with Gasteiger partial charge >= 0.3 is 0 Å². The SMILES string of the molecule is CCN1CC(CC)(CC)c2ccccc21. The molecule has 0 N–H and O–H groups in total. The van der Waals surface area contributed by atoms with Crippen LogP contribution in [0.4, 0.5) is 5.69 Å². The van der Waals surface area contributed by atoms with Crippen molar-refractivity contribution in [2.75, 3.05) is 18.0 Å². The third-order valence-corrected chi connectivity index (χ3v) is 4.04. The van der Waals surface area contributed by atoms with Crippen molar-refractivity contribution < 1.29 is 0 Å². The first-order valence-corrected chi connectivity index (χ1v) is 6.12. The largest absolute Gasteiger partial charge is 0.371 e. The summed E-state index contributed by atoms with van der Waals surface area (Å²) >= 11 is 0. The average molecular weight is 203 g/mol. The molecule has 0 unspecified atom stereocenters. The van der Waals surface area contributed by atoms with Crippen LogP contribution in [-0.4, -0.2) is 13.1 Å². The van der Waals surface area contributed by atoms with Gasteiger partial charge in [0, 0.05) is 24.2 Å². The van der Waals surface area contributed by atoms with Crippen molar-refractivity contribution in [1.82, 2.24) is 0 Å². The van der Waals surface area contributed by atoms with Crippen molar-refractivity contribution >= 4 is 5.69 Å². The van der Waals surface area contributed by atoms with Crippen LogP contribution in [0.2, 0.25) is 0 Å². The fourth-order valence-electron chi connectivity index (χ4n) is 2.87. The Balaban J connectivity index is 2.49. The molecule has 1 heterocycles. The molecule has 0 bridgehead atoms. The van der Waals surface area contributed by atoms with Gasteiger partial charge in [0.05, 0.1) is 0 Å². The van der Waals surface area contributed by atoms with Crippen LogP contribution >= 0.6 is 0 Å². The van der Waals surface area contributed by atoms with Crippen LogP contribution in [0.15, 0.2) is 24.3 Å². The molecular formula is C14H21N. The molecule has 1 aromatic rings. The molecule has 0 spiro atoms. The first kappa shape index (κ1) is 10.5. The highest BCUT2D eigenvalue weighted by atomic mass is 15.2. The van der Waals surface area contributed by atoms with Crippen molar-refractivity contribution in [1.29, 1.82) is 0 Å². The van der Waals surface area contributed by atoms with E-state index in [1.165, 1.54) is 25.1 Å². The molecule has 0 amide bonds. The van der Waals surface area contributed by atoms with E-state index in [2.05, 4.69) is 49.9 Å². The Labute approximate surface area is 93.1 Å². The van der Waals surface area contributed by atoms with E-state index in [9.17, 15) is 0 Å². The Morgan fingerprint density at radius 3 is 2.40 bits per heavy atom. The minimum Gasteiger partial charge on any atom is -0.371 e. The van der Waals surface area contributed by atoms with E-state index in [-0.39, 0.29) is 0 Å². The lowest BCUT2D eigenvalue weighted by Crippen LogP contribution is -2.32. The van der Waals surface area contributed by atoms with E-state index >= 15 is 0 Å². The van der Waals surface area contributed by atoms with Crippen LogP contribution < -0.4 is 4.90 Å². The number of benzene rings is 1. The molecule has 2 rings (SSSR count). The molecule has 0 atom stereocenters. The number of nitrogens with zero attached hydrogens (tertiary/aromatic N) is 1. The van der Waals surface area contributed by atoms with Gasteiger partial charge in [0.1, 0.15) is 0 Å². The van der Waals surface area contributed by atoms with Crippen LogP contribution in [0, 0.1) is 0 Å². The molecule has 15 heavy (non-hydrogen) atoms. The molecule has 1 aromatic carbocycles. The molecule has 0 aliphatic carbocycles. The molecule has 0 saturated carbocycles. The van der Waals surface area contributed by atoms with Gasteiger partial charge in [0.15, 0.2) is 0 Å². The van der Waals surface area contributed by atoms with Gasteiger partial charge in [0.2, 0.25) is 0 Å². The number of hydrogen-bond donors (Lipinski definition) is 0. The van der Waals surface area contributed by atoms with E-state index < -0.39 is 0 Å². The second kappa shape index (κ2) is 3.88. The standard InChI is InChI=1S/C14H21N/c1-4-14(5-2)11-15(6-3)13-10-8-7-9-12(13)14/h7-10H,4-6,11H2,1-3H3. The van der Waals surface area contributed by atoms with Gasteiger partial charge in [-0.3, -0.25) is 0 Å². The molecule has 0 radical (unpaired) electrons. The van der Waals surface area contributed by atoms with E-state index in [1.807, 2.05) is 0 Å². The zero-order valence-electron chi connectivity index (χ0n) is 10.1. The average Bonchev–Trinajstić information content (AvgIpc) is 2.64. The first-order chi connectivity index (χ1) is 7.27. The third-order valence-electron chi connectivity index (χ3n) is 4.04. The molecule has 0 saturated heterocycles. The first-order valence-electron chi connectivity index (χ1n) is 6.12. The van der Waals surface area contributed by atoms with Gasteiger partial charge in [-0.15, -0.1) is 0 Å². The Morgan fingerprint density at radius 2 is 1.80 bits per heavy atom. The lowest BCUT2D eigenvalue weighted by atomic mass is 9.78. The summed E-state index contributed by atoms with van der Waals surface area (Å²) in [6, 6.07) is 8.92. The van der Waals surface area contributed by atoms with Crippen molar-refractivity contribution in [3.05, 3.63) is 29.8 Å². The summed E-state index contributed by atoms with van der Waals surface area (Å²) in [5.74, 6) is 0. The van der Waals surface area contributed by atoms with E-state index in [4.69, 9.17) is 0 Å². The summed E-state index contributed by atoms with van der Waals surface area (Å²) in [5, 5.41) is 0. The normalized spacial score (nSPS) is 17.9. The molecule has 1 heteroatoms. The summed E-state index contributed by atoms with van der Waals surface area (Å²) in [5.41, 5.74) is 3.44. The van der Waals surface area contributed by atoms with Crippen LogP contribution in [-0.2, 0) is 5.41 Å². The highest BCUT2D eigenvalue weighted by Gasteiger charge is 2.38. The quantitative estimate of drug-likeness (QED) is 0.725. The molecule has 0 aromatic heterocycles. The van der Waals surface area contributed by atoms with E-state index in [0.29, 0.717) is 5.41 Å². The van der Waals surface area contributed by atoms with Crippen LogP contribution in [0.5, 0.6) is 0 Å². The van der Waals surface area contributed by atoms with Crippen molar-refractivity contribution in [2.45, 2.75) is 39.0 Å². The van der Waals surface area contributed by atoms with Gasteiger partial charge in [0.25, 0.3) is 0 Å². The highest BCUT2D eigenvalue weighted by molar-refractivity contribution is 5.62. The van der Waals surface area contributed by atoms with Gasteiger partial charge in [-0.05, 0) is 31.4 Å². The second-order valence-electron chi connectivity index (χ2n) is 4.52. The van der Waals surface area contributed by atoms with Gasteiger partial charge < -0.3 is 4.90 Å². The summed E-state index contributed by atoms with van der Waals surface area (Å²) in [4.78, 5) is 2.52. The smallest absolute Gasteiger partial charge is 0.0405 e. The highest BCUT2D eigenvalue weighted by Crippen LogP contribution is 2.44. The van der Waals surface area contributed by atoms with Crippen molar-refractivity contribution in [3.8, 4) is 0 Å². The number of para-hydroxylation sites is 1. The number of likely N-dealkylation sites (N-methyl/N-ethyl adjacent to an activating group) is 1. The van der Waals surface area contributed by atoms with Crippen LogP contribution in [0.1, 0.15) is 39.2 Å². The lowest BCUT2D eigenvalue weighted by Gasteiger charge is -2.27. The topological polar surface area (TPSA) is 3.24 Å². The van der Waals surface area contributed by atoms with Gasteiger partial charge in [-0.1, -0.05) is 32.0 Å². The van der Waals surface area contributed by atoms with Crippen molar-refractivity contribution in [2.24, 2.45) is 0 Å². The maximum atomic E-state index is 2.52. The van der Waals surface area contributed by atoms with Gasteiger partial charge in [-0.25, -0.2) is 0 Å². The predicted molar refractivity (Wildman–Crippen MR) is 66.6 cm³/mol. The zero-order chi connectivity index (χ0) is 10.9. The Kier molecular flexibility index (Phi) is 2.72. The van der Waals surface area contributed by atoms with Gasteiger partial charge in [-0.2, -0.15) is 0 Å². The lowest BCUT2D eigenvalue weighted by molar-refractivity contribution is 0.421. The molecular weight excluding hydrogens is 182 g/mol. The molecule has 82 valence electrons. The van der Waals surface area contributed by atoms with E-state index in [1.54, 1.807) is 5.56 Å². The number of fused-ring (bicyclic) bond motifs is 1. The minimum absolute atomic E-state index is 0.409. The maximum Gasteiger partial charge on any atom is 0.0405 e. The number of hydrogen-bond acceptors (Lipinski definition) is 1. The number of anilines is 1. The molecule has 0 fully saturated rings. The van der Waals surface area contributed by atoms with E-state index in [0.717, 1.165) is 6.54 Å².